The Morgan fingerprint density at radius 1 is 1.39 bits per heavy atom. The summed E-state index contributed by atoms with van der Waals surface area (Å²) < 4.78 is 0. The van der Waals surface area contributed by atoms with Crippen LogP contribution >= 0.6 is 11.3 Å². The van der Waals surface area contributed by atoms with Gasteiger partial charge in [0.2, 0.25) is 0 Å². The van der Waals surface area contributed by atoms with E-state index in [2.05, 4.69) is 27.6 Å². The molecule has 0 radical (unpaired) electrons. The lowest BCUT2D eigenvalue weighted by molar-refractivity contribution is 0.206. The van der Waals surface area contributed by atoms with Crippen molar-refractivity contribution in [2.45, 2.75) is 38.3 Å². The van der Waals surface area contributed by atoms with Gasteiger partial charge in [-0.15, -0.1) is 11.3 Å². The lowest BCUT2D eigenvalue weighted by Crippen LogP contribution is -2.47. The van der Waals surface area contributed by atoms with Crippen LogP contribution in [0.4, 0.5) is 0 Å². The highest BCUT2D eigenvalue weighted by molar-refractivity contribution is 7.13. The first-order valence-corrected chi connectivity index (χ1v) is 7.24. The molecule has 3 rings (SSSR count). The fourth-order valence-electron chi connectivity index (χ4n) is 2.18. The van der Waals surface area contributed by atoms with Gasteiger partial charge in [0.05, 0.1) is 11.4 Å². The zero-order valence-electron chi connectivity index (χ0n) is 10.5. The summed E-state index contributed by atoms with van der Waals surface area (Å²) in [6.45, 7) is 3.16. The Kier molecular flexibility index (Phi) is 3.14. The van der Waals surface area contributed by atoms with Gasteiger partial charge in [0.25, 0.3) is 0 Å². The predicted molar refractivity (Wildman–Crippen MR) is 74.4 cm³/mol. The van der Waals surface area contributed by atoms with Crippen molar-refractivity contribution in [1.29, 1.82) is 0 Å². The minimum atomic E-state index is 0.342. The van der Waals surface area contributed by atoms with Crippen LogP contribution in [-0.4, -0.2) is 15.5 Å². The molecular formula is C14H17N3S. The van der Waals surface area contributed by atoms with Gasteiger partial charge in [-0.2, -0.15) is 0 Å². The van der Waals surface area contributed by atoms with Gasteiger partial charge in [0.15, 0.2) is 0 Å². The number of pyridine rings is 1. The molecule has 18 heavy (non-hydrogen) atoms. The van der Waals surface area contributed by atoms with Crippen molar-refractivity contribution in [1.82, 2.24) is 15.3 Å². The molecule has 0 aliphatic heterocycles. The Bertz CT molecular complexity index is 517. The topological polar surface area (TPSA) is 37.8 Å². The normalized spacial score (nSPS) is 17.4. The van der Waals surface area contributed by atoms with Gasteiger partial charge >= 0.3 is 0 Å². The number of rotatable bonds is 4. The molecule has 4 heteroatoms. The van der Waals surface area contributed by atoms with Crippen LogP contribution in [0.2, 0.25) is 0 Å². The van der Waals surface area contributed by atoms with Crippen molar-refractivity contribution >= 4 is 11.3 Å². The highest BCUT2D eigenvalue weighted by atomic mass is 32.1. The van der Waals surface area contributed by atoms with E-state index in [1.165, 1.54) is 19.3 Å². The summed E-state index contributed by atoms with van der Waals surface area (Å²) in [4.78, 5) is 8.96. The standard InChI is InChI=1S/C14H17N3S/c1-14(6-4-7-14)16-9-11-10-18-13(17-11)12-5-2-3-8-15-12/h2-3,5,8,10,16H,4,6-7,9H2,1H3. The quantitative estimate of drug-likeness (QED) is 0.916. The van der Waals surface area contributed by atoms with Crippen LogP contribution in [0.15, 0.2) is 29.8 Å². The van der Waals surface area contributed by atoms with Gasteiger partial charge in [-0.05, 0) is 38.3 Å². The molecule has 0 spiro atoms. The molecule has 2 aromatic rings. The van der Waals surface area contributed by atoms with Crippen molar-refractivity contribution in [2.24, 2.45) is 0 Å². The average Bonchev–Trinajstić information content (AvgIpc) is 2.84. The molecule has 1 N–H and O–H groups in total. The van der Waals surface area contributed by atoms with Crippen molar-refractivity contribution in [2.75, 3.05) is 0 Å². The van der Waals surface area contributed by atoms with Gasteiger partial charge in [-0.1, -0.05) is 6.07 Å². The van der Waals surface area contributed by atoms with Crippen LogP contribution in [0.25, 0.3) is 10.7 Å². The van der Waals surface area contributed by atoms with E-state index in [-0.39, 0.29) is 0 Å². The summed E-state index contributed by atoms with van der Waals surface area (Å²) in [6, 6.07) is 5.93. The number of thiazole rings is 1. The second kappa shape index (κ2) is 4.78. The van der Waals surface area contributed by atoms with E-state index in [1.807, 2.05) is 24.4 Å². The largest absolute Gasteiger partial charge is 0.306 e. The van der Waals surface area contributed by atoms with Crippen LogP contribution in [0.1, 0.15) is 31.9 Å². The number of nitrogens with one attached hydrogen (secondary N) is 1. The second-order valence-corrected chi connectivity index (χ2v) is 5.98. The van der Waals surface area contributed by atoms with E-state index in [0.29, 0.717) is 5.54 Å². The molecule has 1 aliphatic carbocycles. The maximum atomic E-state index is 4.64. The third-order valence-electron chi connectivity index (χ3n) is 3.59. The van der Waals surface area contributed by atoms with Gasteiger partial charge in [0, 0.05) is 23.7 Å². The Hall–Kier alpha value is -1.26. The zero-order chi connectivity index (χ0) is 12.4. The SMILES string of the molecule is CC1(NCc2csc(-c3ccccn3)n2)CCC1. The minimum Gasteiger partial charge on any atom is -0.306 e. The smallest absolute Gasteiger partial charge is 0.142 e. The maximum Gasteiger partial charge on any atom is 0.142 e. The Labute approximate surface area is 111 Å². The summed E-state index contributed by atoms with van der Waals surface area (Å²) in [5.74, 6) is 0. The van der Waals surface area contributed by atoms with Crippen LogP contribution < -0.4 is 5.32 Å². The molecule has 0 unspecified atom stereocenters. The van der Waals surface area contributed by atoms with Crippen LogP contribution in [0.5, 0.6) is 0 Å². The third-order valence-corrected chi connectivity index (χ3v) is 4.50. The number of hydrogen-bond acceptors (Lipinski definition) is 4. The van der Waals surface area contributed by atoms with Gasteiger partial charge in [-0.3, -0.25) is 4.98 Å². The summed E-state index contributed by atoms with van der Waals surface area (Å²) in [5, 5.41) is 6.73. The van der Waals surface area contributed by atoms with Crippen LogP contribution in [-0.2, 0) is 6.54 Å². The monoisotopic (exact) mass is 259 g/mol. The molecular weight excluding hydrogens is 242 g/mol. The molecule has 2 aromatic heterocycles. The molecule has 0 aromatic carbocycles. The number of hydrogen-bond donors (Lipinski definition) is 1. The molecule has 1 aliphatic rings. The average molecular weight is 259 g/mol. The molecule has 3 nitrogen and oxygen atoms in total. The fourth-order valence-corrected chi connectivity index (χ4v) is 2.98. The first-order chi connectivity index (χ1) is 8.75. The third kappa shape index (κ3) is 2.44. The molecule has 94 valence electrons. The van der Waals surface area contributed by atoms with Crippen LogP contribution in [0, 0.1) is 0 Å². The molecule has 0 bridgehead atoms. The van der Waals surface area contributed by atoms with E-state index in [1.54, 1.807) is 11.3 Å². The number of aromatic nitrogens is 2. The lowest BCUT2D eigenvalue weighted by atomic mass is 9.78. The maximum absolute atomic E-state index is 4.64. The van der Waals surface area contributed by atoms with Crippen molar-refractivity contribution < 1.29 is 0 Å². The van der Waals surface area contributed by atoms with Gasteiger partial charge in [-0.25, -0.2) is 4.98 Å². The zero-order valence-corrected chi connectivity index (χ0v) is 11.3. The Morgan fingerprint density at radius 3 is 2.94 bits per heavy atom. The molecule has 0 atom stereocenters. The first-order valence-electron chi connectivity index (χ1n) is 6.36. The molecule has 0 amide bonds. The Balaban J connectivity index is 1.66. The summed E-state index contributed by atoms with van der Waals surface area (Å²) in [5.41, 5.74) is 2.42. The second-order valence-electron chi connectivity index (χ2n) is 5.13. The van der Waals surface area contributed by atoms with E-state index >= 15 is 0 Å². The van der Waals surface area contributed by atoms with E-state index in [0.717, 1.165) is 22.9 Å². The molecule has 0 saturated heterocycles. The Morgan fingerprint density at radius 2 is 2.28 bits per heavy atom. The van der Waals surface area contributed by atoms with E-state index in [9.17, 15) is 0 Å². The van der Waals surface area contributed by atoms with Crippen molar-refractivity contribution in [3.63, 3.8) is 0 Å². The van der Waals surface area contributed by atoms with Crippen molar-refractivity contribution in [3.05, 3.63) is 35.5 Å². The van der Waals surface area contributed by atoms with Gasteiger partial charge in [0.1, 0.15) is 5.01 Å². The van der Waals surface area contributed by atoms with Gasteiger partial charge < -0.3 is 5.32 Å². The summed E-state index contributed by atoms with van der Waals surface area (Å²) in [6.07, 6.45) is 5.72. The highest BCUT2D eigenvalue weighted by Gasteiger charge is 2.30. The summed E-state index contributed by atoms with van der Waals surface area (Å²) in [7, 11) is 0. The first kappa shape index (κ1) is 11.8. The molecule has 2 heterocycles. The fraction of sp³-hybridized carbons (Fsp3) is 0.429. The van der Waals surface area contributed by atoms with Crippen LogP contribution in [0.3, 0.4) is 0 Å². The van der Waals surface area contributed by atoms with Crippen molar-refractivity contribution in [3.8, 4) is 10.7 Å². The molecule has 1 fully saturated rings. The minimum absolute atomic E-state index is 0.342. The predicted octanol–water partition coefficient (Wildman–Crippen LogP) is 3.24. The number of nitrogens with zero attached hydrogens (tertiary/aromatic N) is 2. The van der Waals surface area contributed by atoms with E-state index in [4.69, 9.17) is 0 Å². The lowest BCUT2D eigenvalue weighted by Gasteiger charge is -2.39. The van der Waals surface area contributed by atoms with E-state index < -0.39 is 0 Å². The summed E-state index contributed by atoms with van der Waals surface area (Å²) >= 11 is 1.67. The molecule has 1 saturated carbocycles. The highest BCUT2D eigenvalue weighted by Crippen LogP contribution is 2.31.